The lowest BCUT2D eigenvalue weighted by Crippen LogP contribution is -2.27. The van der Waals surface area contributed by atoms with Crippen molar-refractivity contribution in [3.8, 4) is 0 Å². The third-order valence-corrected chi connectivity index (χ3v) is 4.86. The molecule has 0 saturated carbocycles. The van der Waals surface area contributed by atoms with Gasteiger partial charge in [0.25, 0.3) is 5.91 Å². The van der Waals surface area contributed by atoms with Crippen LogP contribution in [0.2, 0.25) is 0 Å². The van der Waals surface area contributed by atoms with E-state index < -0.39 is 0 Å². The molecule has 0 atom stereocenters. The van der Waals surface area contributed by atoms with Gasteiger partial charge < -0.3 is 10.2 Å². The molecule has 0 radical (unpaired) electrons. The van der Waals surface area contributed by atoms with Crippen LogP contribution in [0.1, 0.15) is 23.3 Å². The second kappa shape index (κ2) is 8.02. The molecule has 2 heterocycles. The summed E-state index contributed by atoms with van der Waals surface area (Å²) >= 11 is 1.74. The van der Waals surface area contributed by atoms with Crippen LogP contribution < -0.4 is 10.2 Å². The highest BCUT2D eigenvalue weighted by molar-refractivity contribution is 7.99. The Balaban J connectivity index is 1.49. The maximum atomic E-state index is 12.2. The largest absolute Gasteiger partial charge is 0.371 e. The Morgan fingerprint density at radius 1 is 1.17 bits per heavy atom. The number of thioether (sulfide) groups is 1. The van der Waals surface area contributed by atoms with Crippen LogP contribution in [-0.2, 0) is 0 Å². The Bertz CT molecular complexity index is 642. The number of carbonyl (C=O) groups is 1. The molecular formula is C18H21N3OS. The van der Waals surface area contributed by atoms with Gasteiger partial charge >= 0.3 is 0 Å². The first-order valence-corrected chi connectivity index (χ1v) is 8.98. The molecule has 1 aliphatic heterocycles. The van der Waals surface area contributed by atoms with Crippen molar-refractivity contribution in [2.45, 2.75) is 17.7 Å². The second-order valence-corrected chi connectivity index (χ2v) is 6.68. The molecule has 0 bridgehead atoms. The van der Waals surface area contributed by atoms with Crippen molar-refractivity contribution in [1.82, 2.24) is 10.3 Å². The molecule has 1 aromatic heterocycles. The molecule has 23 heavy (non-hydrogen) atoms. The topological polar surface area (TPSA) is 45.2 Å². The molecule has 3 rings (SSSR count). The van der Waals surface area contributed by atoms with Crippen molar-refractivity contribution in [1.29, 1.82) is 0 Å². The van der Waals surface area contributed by atoms with Crippen LogP contribution in [0.5, 0.6) is 0 Å². The fraction of sp³-hybridized carbons (Fsp3) is 0.333. The number of hydrogen-bond acceptors (Lipinski definition) is 4. The first-order chi connectivity index (χ1) is 11.3. The Labute approximate surface area is 141 Å². The van der Waals surface area contributed by atoms with Crippen LogP contribution in [0.15, 0.2) is 53.6 Å². The number of carbonyl (C=O) groups excluding carboxylic acids is 1. The van der Waals surface area contributed by atoms with Gasteiger partial charge in [-0.05, 0) is 37.1 Å². The minimum atomic E-state index is -0.0975. The van der Waals surface area contributed by atoms with Crippen LogP contribution in [0.25, 0.3) is 0 Å². The Hall–Kier alpha value is -2.01. The van der Waals surface area contributed by atoms with E-state index in [9.17, 15) is 4.79 Å². The smallest absolute Gasteiger partial charge is 0.269 e. The lowest BCUT2D eigenvalue weighted by molar-refractivity contribution is 0.0951. The zero-order chi connectivity index (χ0) is 15.9. The van der Waals surface area contributed by atoms with Crippen molar-refractivity contribution in [3.05, 3.63) is 54.4 Å². The zero-order valence-corrected chi connectivity index (χ0v) is 13.9. The van der Waals surface area contributed by atoms with E-state index >= 15 is 0 Å². The van der Waals surface area contributed by atoms with Crippen molar-refractivity contribution >= 4 is 23.4 Å². The van der Waals surface area contributed by atoms with Crippen LogP contribution in [0, 0.1) is 0 Å². The summed E-state index contributed by atoms with van der Waals surface area (Å²) < 4.78 is 0. The van der Waals surface area contributed by atoms with Crippen LogP contribution in [0.4, 0.5) is 5.69 Å². The molecule has 2 aromatic rings. The molecule has 0 aliphatic carbocycles. The minimum absolute atomic E-state index is 0.0975. The lowest BCUT2D eigenvalue weighted by atomic mass is 10.3. The molecule has 5 heteroatoms. The summed E-state index contributed by atoms with van der Waals surface area (Å²) in [5.74, 6) is 0.751. The summed E-state index contributed by atoms with van der Waals surface area (Å²) in [6, 6.07) is 14.1. The quantitative estimate of drug-likeness (QED) is 0.654. The highest BCUT2D eigenvalue weighted by atomic mass is 32.2. The van der Waals surface area contributed by atoms with Crippen LogP contribution in [0.3, 0.4) is 0 Å². The van der Waals surface area contributed by atoms with E-state index in [2.05, 4.69) is 27.3 Å². The van der Waals surface area contributed by atoms with E-state index in [-0.39, 0.29) is 5.91 Å². The number of benzene rings is 1. The van der Waals surface area contributed by atoms with E-state index in [1.165, 1.54) is 17.7 Å². The first-order valence-electron chi connectivity index (χ1n) is 8.00. The van der Waals surface area contributed by atoms with Crippen molar-refractivity contribution < 1.29 is 4.79 Å². The van der Waals surface area contributed by atoms with Crippen LogP contribution >= 0.6 is 11.8 Å². The second-order valence-electron chi connectivity index (χ2n) is 5.51. The number of pyridine rings is 1. The average molecular weight is 327 g/mol. The van der Waals surface area contributed by atoms with E-state index in [0.717, 1.165) is 24.5 Å². The first kappa shape index (κ1) is 15.9. The zero-order valence-electron chi connectivity index (χ0n) is 13.1. The van der Waals surface area contributed by atoms with Crippen molar-refractivity contribution in [2.75, 3.05) is 30.3 Å². The fourth-order valence-electron chi connectivity index (χ4n) is 2.66. The fourth-order valence-corrected chi connectivity index (χ4v) is 3.45. The Morgan fingerprint density at radius 3 is 2.74 bits per heavy atom. The van der Waals surface area contributed by atoms with Gasteiger partial charge in [-0.15, -0.1) is 11.8 Å². The summed E-state index contributed by atoms with van der Waals surface area (Å²) in [6.45, 7) is 2.77. The number of amides is 1. The molecular weight excluding hydrogens is 306 g/mol. The Kier molecular flexibility index (Phi) is 5.53. The van der Waals surface area contributed by atoms with Crippen molar-refractivity contribution in [2.24, 2.45) is 0 Å². The van der Waals surface area contributed by atoms with Gasteiger partial charge in [-0.25, -0.2) is 0 Å². The molecule has 0 spiro atoms. The summed E-state index contributed by atoms with van der Waals surface area (Å²) in [6.07, 6.45) is 4.17. The van der Waals surface area contributed by atoms with Gasteiger partial charge in [-0.2, -0.15) is 0 Å². The van der Waals surface area contributed by atoms with Gasteiger partial charge in [0.15, 0.2) is 0 Å². The third-order valence-electron chi connectivity index (χ3n) is 3.85. The average Bonchev–Trinajstić information content (AvgIpc) is 3.14. The van der Waals surface area contributed by atoms with Gasteiger partial charge in [0.2, 0.25) is 0 Å². The summed E-state index contributed by atoms with van der Waals surface area (Å²) in [5.41, 5.74) is 1.60. The monoisotopic (exact) mass is 327 g/mol. The standard InChI is InChI=1S/C18H21N3OS/c22-18(20-10-13-23-16-6-2-1-3-7-16)17-14-15(8-9-19-17)21-11-4-5-12-21/h1-3,6-9,14H,4-5,10-13H2,(H,20,22). The summed E-state index contributed by atoms with van der Waals surface area (Å²) in [5, 5.41) is 2.95. The van der Waals surface area contributed by atoms with Gasteiger partial charge in [0.05, 0.1) is 0 Å². The Morgan fingerprint density at radius 2 is 1.96 bits per heavy atom. The highest BCUT2D eigenvalue weighted by Crippen LogP contribution is 2.20. The van der Waals surface area contributed by atoms with Crippen molar-refractivity contribution in [3.63, 3.8) is 0 Å². The van der Waals surface area contributed by atoms with Gasteiger partial charge in [-0.1, -0.05) is 18.2 Å². The van der Waals surface area contributed by atoms with Crippen LogP contribution in [-0.4, -0.2) is 36.3 Å². The number of anilines is 1. The van der Waals surface area contributed by atoms with E-state index in [1.54, 1.807) is 18.0 Å². The normalized spacial score (nSPS) is 14.0. The number of rotatable bonds is 6. The van der Waals surface area contributed by atoms with Gasteiger partial charge in [-0.3, -0.25) is 9.78 Å². The summed E-state index contributed by atoms with van der Waals surface area (Å²) in [4.78, 5) is 20.0. The van der Waals surface area contributed by atoms with E-state index in [4.69, 9.17) is 0 Å². The molecule has 1 amide bonds. The number of nitrogens with one attached hydrogen (secondary N) is 1. The highest BCUT2D eigenvalue weighted by Gasteiger charge is 2.14. The predicted octanol–water partition coefficient (Wildman–Crippen LogP) is 3.20. The minimum Gasteiger partial charge on any atom is -0.371 e. The predicted molar refractivity (Wildman–Crippen MR) is 95.2 cm³/mol. The number of nitrogens with zero attached hydrogens (tertiary/aromatic N) is 2. The summed E-state index contributed by atoms with van der Waals surface area (Å²) in [7, 11) is 0. The van der Waals surface area contributed by atoms with E-state index in [0.29, 0.717) is 12.2 Å². The molecule has 0 unspecified atom stereocenters. The number of hydrogen-bond donors (Lipinski definition) is 1. The molecule has 1 aliphatic rings. The molecule has 1 aromatic carbocycles. The van der Waals surface area contributed by atoms with Gasteiger partial charge in [0, 0.05) is 42.2 Å². The van der Waals surface area contributed by atoms with Gasteiger partial charge in [0.1, 0.15) is 5.69 Å². The molecule has 1 fully saturated rings. The third kappa shape index (κ3) is 4.48. The lowest BCUT2D eigenvalue weighted by Gasteiger charge is -2.17. The maximum absolute atomic E-state index is 12.2. The maximum Gasteiger partial charge on any atom is 0.269 e. The molecule has 1 saturated heterocycles. The number of aromatic nitrogens is 1. The molecule has 120 valence electrons. The SMILES string of the molecule is O=C(NCCSc1ccccc1)c1cc(N2CCCC2)ccn1. The molecule has 4 nitrogen and oxygen atoms in total. The molecule has 1 N–H and O–H groups in total. The van der Waals surface area contributed by atoms with E-state index in [1.807, 2.05) is 30.3 Å².